The van der Waals surface area contributed by atoms with Crippen LogP contribution < -0.4 is 10.1 Å². The van der Waals surface area contributed by atoms with Crippen LogP contribution in [0.2, 0.25) is 0 Å². The summed E-state index contributed by atoms with van der Waals surface area (Å²) in [6.07, 6.45) is 1.73. The van der Waals surface area contributed by atoms with Crippen molar-refractivity contribution in [2.45, 2.75) is 39.2 Å². The predicted molar refractivity (Wildman–Crippen MR) is 89.3 cm³/mol. The minimum atomic E-state index is -0.0513. The first kappa shape index (κ1) is 17.3. The third kappa shape index (κ3) is 5.27. The van der Waals surface area contributed by atoms with E-state index < -0.39 is 0 Å². The number of benzene rings is 1. The molecule has 23 heavy (non-hydrogen) atoms. The summed E-state index contributed by atoms with van der Waals surface area (Å²) in [5.41, 5.74) is 1.17. The average Bonchev–Trinajstić information content (AvgIpc) is 2.84. The van der Waals surface area contributed by atoms with Crippen LogP contribution in [-0.2, 0) is 16.0 Å². The zero-order valence-electron chi connectivity index (χ0n) is 14.2. The van der Waals surface area contributed by atoms with Gasteiger partial charge in [-0.2, -0.15) is 0 Å². The third-order valence-electron chi connectivity index (χ3n) is 4.00. The maximum atomic E-state index is 12.1. The molecular weight excluding hydrogens is 292 g/mol. The molecule has 2 amide bonds. The van der Waals surface area contributed by atoms with Crippen molar-refractivity contribution in [1.29, 1.82) is 0 Å². The Kier molecular flexibility index (Phi) is 6.02. The lowest BCUT2D eigenvalue weighted by molar-refractivity contribution is -0.127. The Morgan fingerprint density at radius 1 is 1.35 bits per heavy atom. The van der Waals surface area contributed by atoms with Crippen molar-refractivity contribution >= 4 is 11.8 Å². The maximum absolute atomic E-state index is 12.1. The molecule has 1 aromatic rings. The summed E-state index contributed by atoms with van der Waals surface area (Å²) in [6, 6.07) is 7.83. The van der Waals surface area contributed by atoms with Crippen molar-refractivity contribution < 1.29 is 14.3 Å². The number of ether oxygens (including phenoxy) is 1. The van der Waals surface area contributed by atoms with E-state index in [9.17, 15) is 9.59 Å². The van der Waals surface area contributed by atoms with Crippen LogP contribution in [-0.4, -0.2) is 43.0 Å². The van der Waals surface area contributed by atoms with Crippen LogP contribution in [0.1, 0.15) is 32.3 Å². The molecule has 1 heterocycles. The Morgan fingerprint density at radius 3 is 2.65 bits per heavy atom. The number of hydrogen-bond acceptors (Lipinski definition) is 3. The number of rotatable bonds is 7. The number of amides is 2. The molecule has 5 heteroatoms. The van der Waals surface area contributed by atoms with Crippen LogP contribution in [0.25, 0.3) is 0 Å². The molecule has 1 aliphatic rings. The highest BCUT2D eigenvalue weighted by atomic mass is 16.5. The molecule has 2 rings (SSSR count). The monoisotopic (exact) mass is 318 g/mol. The van der Waals surface area contributed by atoms with Gasteiger partial charge >= 0.3 is 0 Å². The normalized spacial score (nSPS) is 17.7. The summed E-state index contributed by atoms with van der Waals surface area (Å²) < 4.78 is 5.14. The number of carbonyl (C=O) groups excluding carboxylic acids is 2. The predicted octanol–water partition coefficient (Wildman–Crippen LogP) is 2.00. The lowest BCUT2D eigenvalue weighted by Gasteiger charge is -2.17. The van der Waals surface area contributed by atoms with E-state index in [0.717, 1.165) is 12.2 Å². The summed E-state index contributed by atoms with van der Waals surface area (Å²) in [4.78, 5) is 25.7. The summed E-state index contributed by atoms with van der Waals surface area (Å²) in [6.45, 7) is 5.32. The molecule has 0 aromatic heterocycles. The van der Waals surface area contributed by atoms with E-state index in [0.29, 0.717) is 31.8 Å². The fourth-order valence-electron chi connectivity index (χ4n) is 2.80. The van der Waals surface area contributed by atoms with Crippen molar-refractivity contribution in [1.82, 2.24) is 10.2 Å². The fraction of sp³-hybridized carbons (Fsp3) is 0.556. The molecule has 1 aliphatic heterocycles. The highest BCUT2D eigenvalue weighted by Crippen LogP contribution is 2.15. The van der Waals surface area contributed by atoms with E-state index in [2.05, 4.69) is 5.32 Å². The van der Waals surface area contributed by atoms with Gasteiger partial charge in [0.2, 0.25) is 11.8 Å². The molecular formula is C18H26N2O3. The van der Waals surface area contributed by atoms with Crippen molar-refractivity contribution in [2.75, 3.05) is 20.2 Å². The van der Waals surface area contributed by atoms with Gasteiger partial charge in [0.1, 0.15) is 5.75 Å². The largest absolute Gasteiger partial charge is 0.497 e. The van der Waals surface area contributed by atoms with Gasteiger partial charge in [-0.1, -0.05) is 26.0 Å². The smallest absolute Gasteiger partial charge is 0.224 e. The lowest BCUT2D eigenvalue weighted by Crippen LogP contribution is -2.37. The van der Waals surface area contributed by atoms with E-state index in [4.69, 9.17) is 4.74 Å². The van der Waals surface area contributed by atoms with Crippen LogP contribution >= 0.6 is 0 Å². The molecule has 1 N–H and O–H groups in total. The highest BCUT2D eigenvalue weighted by molar-refractivity contribution is 5.82. The molecule has 126 valence electrons. The van der Waals surface area contributed by atoms with Crippen molar-refractivity contribution in [3.05, 3.63) is 29.8 Å². The molecule has 1 unspecified atom stereocenters. The number of likely N-dealkylation sites (tertiary alicyclic amines) is 1. The summed E-state index contributed by atoms with van der Waals surface area (Å²) in [5, 5.41) is 2.97. The quantitative estimate of drug-likeness (QED) is 0.836. The van der Waals surface area contributed by atoms with Crippen LogP contribution in [0.5, 0.6) is 5.75 Å². The van der Waals surface area contributed by atoms with Gasteiger partial charge in [-0.3, -0.25) is 9.59 Å². The van der Waals surface area contributed by atoms with Crippen molar-refractivity contribution in [3.8, 4) is 5.75 Å². The van der Waals surface area contributed by atoms with E-state index in [1.165, 1.54) is 5.56 Å². The number of nitrogens with one attached hydrogen (secondary N) is 1. The minimum Gasteiger partial charge on any atom is -0.497 e. The molecule has 1 saturated heterocycles. The lowest BCUT2D eigenvalue weighted by atomic mass is 10.1. The van der Waals surface area contributed by atoms with Crippen LogP contribution in [0.15, 0.2) is 24.3 Å². The number of methoxy groups -OCH3 is 1. The topological polar surface area (TPSA) is 58.6 Å². The fourth-order valence-corrected chi connectivity index (χ4v) is 2.80. The van der Waals surface area contributed by atoms with E-state index in [1.54, 1.807) is 7.11 Å². The maximum Gasteiger partial charge on any atom is 0.224 e. The van der Waals surface area contributed by atoms with Gasteiger partial charge in [0, 0.05) is 25.9 Å². The standard InChI is InChI=1S/C18H26N2O3/c1-13(2)10-17(21)19-15-11-18(22)20(12-15)9-8-14-4-6-16(23-3)7-5-14/h4-7,13,15H,8-12H2,1-3H3,(H,19,21). The Labute approximate surface area is 138 Å². The van der Waals surface area contributed by atoms with Crippen LogP contribution in [0.4, 0.5) is 0 Å². The van der Waals surface area contributed by atoms with Gasteiger partial charge in [-0.05, 0) is 30.0 Å². The van der Waals surface area contributed by atoms with Crippen molar-refractivity contribution in [2.24, 2.45) is 5.92 Å². The molecule has 0 saturated carbocycles. The van der Waals surface area contributed by atoms with Gasteiger partial charge in [0.05, 0.1) is 13.2 Å². The minimum absolute atomic E-state index is 0.0369. The summed E-state index contributed by atoms with van der Waals surface area (Å²) in [5.74, 6) is 1.32. The van der Waals surface area contributed by atoms with E-state index >= 15 is 0 Å². The summed E-state index contributed by atoms with van der Waals surface area (Å²) in [7, 11) is 1.64. The number of hydrogen-bond donors (Lipinski definition) is 1. The Hall–Kier alpha value is -2.04. The molecule has 0 bridgehead atoms. The molecule has 1 fully saturated rings. The van der Waals surface area contributed by atoms with Gasteiger partial charge in [-0.25, -0.2) is 0 Å². The Balaban J connectivity index is 1.79. The molecule has 1 atom stereocenters. The van der Waals surface area contributed by atoms with Gasteiger partial charge in [0.25, 0.3) is 0 Å². The Bertz CT molecular complexity index is 540. The number of carbonyl (C=O) groups is 2. The zero-order valence-corrected chi connectivity index (χ0v) is 14.2. The van der Waals surface area contributed by atoms with Gasteiger partial charge < -0.3 is 15.0 Å². The molecule has 0 aliphatic carbocycles. The molecule has 5 nitrogen and oxygen atoms in total. The first-order chi connectivity index (χ1) is 11.0. The number of nitrogens with zero attached hydrogens (tertiary/aromatic N) is 1. The van der Waals surface area contributed by atoms with Crippen LogP contribution in [0.3, 0.4) is 0 Å². The van der Waals surface area contributed by atoms with E-state index in [-0.39, 0.29) is 17.9 Å². The van der Waals surface area contributed by atoms with Crippen LogP contribution in [0, 0.1) is 5.92 Å². The van der Waals surface area contributed by atoms with Gasteiger partial charge in [0.15, 0.2) is 0 Å². The second kappa shape index (κ2) is 7.99. The second-order valence-corrected chi connectivity index (χ2v) is 6.50. The SMILES string of the molecule is COc1ccc(CCN2CC(NC(=O)CC(C)C)CC2=O)cc1. The second-order valence-electron chi connectivity index (χ2n) is 6.50. The van der Waals surface area contributed by atoms with Crippen molar-refractivity contribution in [3.63, 3.8) is 0 Å². The first-order valence-electron chi connectivity index (χ1n) is 8.18. The zero-order chi connectivity index (χ0) is 16.8. The summed E-state index contributed by atoms with van der Waals surface area (Å²) >= 11 is 0. The molecule has 0 radical (unpaired) electrons. The molecule has 1 aromatic carbocycles. The Morgan fingerprint density at radius 2 is 2.04 bits per heavy atom. The third-order valence-corrected chi connectivity index (χ3v) is 4.00. The van der Waals surface area contributed by atoms with E-state index in [1.807, 2.05) is 43.0 Å². The molecule has 0 spiro atoms. The average molecular weight is 318 g/mol. The first-order valence-corrected chi connectivity index (χ1v) is 8.18. The van der Waals surface area contributed by atoms with Gasteiger partial charge in [-0.15, -0.1) is 0 Å². The highest BCUT2D eigenvalue weighted by Gasteiger charge is 2.30.